The van der Waals surface area contributed by atoms with Gasteiger partial charge in [-0.05, 0) is 38.8 Å². The number of aryl methyl sites for hydroxylation is 1. The summed E-state index contributed by atoms with van der Waals surface area (Å²) in [6, 6.07) is 4.04. The lowest BCUT2D eigenvalue weighted by molar-refractivity contribution is 0.708. The van der Waals surface area contributed by atoms with E-state index in [1.165, 1.54) is 12.8 Å². The van der Waals surface area contributed by atoms with Gasteiger partial charge in [-0.3, -0.25) is 4.98 Å². The molecule has 1 aliphatic carbocycles. The number of aromatic nitrogens is 3. The van der Waals surface area contributed by atoms with Gasteiger partial charge in [0.1, 0.15) is 17.3 Å². The molecule has 1 saturated carbocycles. The Balaban J connectivity index is 2.08. The lowest BCUT2D eigenvalue weighted by Crippen LogP contribution is -2.04. The molecule has 18 heavy (non-hydrogen) atoms. The molecule has 2 N–H and O–H groups in total. The Morgan fingerprint density at radius 1 is 1.39 bits per heavy atom. The molecule has 0 unspecified atom stereocenters. The first-order chi connectivity index (χ1) is 8.70. The molecule has 0 amide bonds. The van der Waals surface area contributed by atoms with Crippen molar-refractivity contribution >= 4 is 5.82 Å². The van der Waals surface area contributed by atoms with E-state index in [0.717, 1.165) is 35.1 Å². The minimum Gasteiger partial charge on any atom is -0.383 e. The van der Waals surface area contributed by atoms with Crippen molar-refractivity contribution in [2.24, 2.45) is 0 Å². The fourth-order valence-electron chi connectivity index (χ4n) is 2.29. The van der Waals surface area contributed by atoms with Crippen LogP contribution in [0.4, 0.5) is 5.82 Å². The van der Waals surface area contributed by atoms with Crippen LogP contribution in [0.1, 0.15) is 37.2 Å². The van der Waals surface area contributed by atoms with Gasteiger partial charge in [0.05, 0.1) is 0 Å². The van der Waals surface area contributed by atoms with Crippen LogP contribution in [0.25, 0.3) is 11.3 Å². The Labute approximate surface area is 107 Å². The predicted octanol–water partition coefficient (Wildman–Crippen LogP) is 2.73. The minimum atomic E-state index is 0.611. The summed E-state index contributed by atoms with van der Waals surface area (Å²) in [6.45, 7) is 4.97. The predicted molar refractivity (Wildman–Crippen MR) is 72.3 cm³/mol. The highest BCUT2D eigenvalue weighted by molar-refractivity contribution is 5.70. The fourth-order valence-corrected chi connectivity index (χ4v) is 2.29. The number of nitrogens with zero attached hydrogens (tertiary/aromatic N) is 3. The van der Waals surface area contributed by atoms with Gasteiger partial charge in [-0.25, -0.2) is 4.98 Å². The molecule has 2 aromatic heterocycles. The molecule has 4 heteroatoms. The first kappa shape index (κ1) is 11.3. The molecule has 0 aromatic carbocycles. The van der Waals surface area contributed by atoms with E-state index in [-0.39, 0.29) is 0 Å². The van der Waals surface area contributed by atoms with Crippen LogP contribution in [0.3, 0.4) is 0 Å². The van der Waals surface area contributed by atoms with Crippen LogP contribution in [0.15, 0.2) is 18.3 Å². The van der Waals surface area contributed by atoms with Gasteiger partial charge in [-0.1, -0.05) is 0 Å². The Kier molecular flexibility index (Phi) is 2.58. The molecule has 0 spiro atoms. The maximum atomic E-state index is 6.22. The SMILES string of the molecule is CCn1c(C2CC2)nc(-c2ccc(C)nc2)c1N. The van der Waals surface area contributed by atoms with Gasteiger partial charge in [0.25, 0.3) is 0 Å². The Hall–Kier alpha value is -1.84. The van der Waals surface area contributed by atoms with Gasteiger partial charge < -0.3 is 10.3 Å². The zero-order valence-corrected chi connectivity index (χ0v) is 10.8. The first-order valence-electron chi connectivity index (χ1n) is 6.49. The Bertz CT molecular complexity index is 564. The first-order valence-corrected chi connectivity index (χ1v) is 6.49. The smallest absolute Gasteiger partial charge is 0.131 e. The summed E-state index contributed by atoms with van der Waals surface area (Å²) in [5.74, 6) is 2.52. The third kappa shape index (κ3) is 1.78. The molecule has 94 valence electrons. The molecule has 0 radical (unpaired) electrons. The lowest BCUT2D eigenvalue weighted by Gasteiger charge is -2.05. The average molecular weight is 242 g/mol. The fraction of sp³-hybridized carbons (Fsp3) is 0.429. The summed E-state index contributed by atoms with van der Waals surface area (Å²) in [6.07, 6.45) is 4.33. The number of nitrogen functional groups attached to an aromatic ring is 1. The van der Waals surface area contributed by atoms with E-state index in [2.05, 4.69) is 16.5 Å². The van der Waals surface area contributed by atoms with E-state index in [1.54, 1.807) is 0 Å². The highest BCUT2D eigenvalue weighted by Crippen LogP contribution is 2.42. The van der Waals surface area contributed by atoms with Crippen molar-refractivity contribution in [3.05, 3.63) is 29.8 Å². The normalized spacial score (nSPS) is 15.0. The van der Waals surface area contributed by atoms with Crippen molar-refractivity contribution in [2.75, 3.05) is 5.73 Å². The quantitative estimate of drug-likeness (QED) is 0.900. The van der Waals surface area contributed by atoms with Gasteiger partial charge in [0, 0.05) is 29.9 Å². The zero-order valence-electron chi connectivity index (χ0n) is 10.8. The van der Waals surface area contributed by atoms with E-state index in [0.29, 0.717) is 5.92 Å². The van der Waals surface area contributed by atoms with E-state index in [1.807, 2.05) is 25.3 Å². The van der Waals surface area contributed by atoms with Crippen molar-refractivity contribution < 1.29 is 0 Å². The molecule has 0 atom stereocenters. The highest BCUT2D eigenvalue weighted by Gasteiger charge is 2.30. The van der Waals surface area contributed by atoms with Crippen molar-refractivity contribution in [3.8, 4) is 11.3 Å². The van der Waals surface area contributed by atoms with Crippen LogP contribution in [0.5, 0.6) is 0 Å². The molecule has 0 bridgehead atoms. The third-order valence-corrected chi connectivity index (χ3v) is 3.48. The standard InChI is InChI=1S/C14H18N4/c1-3-18-13(15)12(17-14(18)10-6-7-10)11-5-4-9(2)16-8-11/h4-5,8,10H,3,6-7,15H2,1-2H3. The van der Waals surface area contributed by atoms with Crippen LogP contribution >= 0.6 is 0 Å². The van der Waals surface area contributed by atoms with Crippen molar-refractivity contribution in [1.82, 2.24) is 14.5 Å². The number of nitrogens with two attached hydrogens (primary N) is 1. The van der Waals surface area contributed by atoms with Crippen LogP contribution in [-0.2, 0) is 6.54 Å². The monoisotopic (exact) mass is 242 g/mol. The van der Waals surface area contributed by atoms with Crippen LogP contribution in [0, 0.1) is 6.92 Å². The zero-order chi connectivity index (χ0) is 12.7. The number of anilines is 1. The van der Waals surface area contributed by atoms with Crippen molar-refractivity contribution in [2.45, 2.75) is 39.2 Å². The number of pyridine rings is 1. The Morgan fingerprint density at radius 2 is 2.17 bits per heavy atom. The highest BCUT2D eigenvalue weighted by atomic mass is 15.1. The summed E-state index contributed by atoms with van der Waals surface area (Å²) < 4.78 is 2.13. The number of imidazole rings is 1. The third-order valence-electron chi connectivity index (χ3n) is 3.48. The molecule has 2 heterocycles. The molecule has 0 aliphatic heterocycles. The van der Waals surface area contributed by atoms with E-state index < -0.39 is 0 Å². The summed E-state index contributed by atoms with van der Waals surface area (Å²) in [5.41, 5.74) is 9.12. The molecule has 4 nitrogen and oxygen atoms in total. The molecule has 1 fully saturated rings. The second-order valence-electron chi connectivity index (χ2n) is 4.91. The van der Waals surface area contributed by atoms with Crippen LogP contribution in [0.2, 0.25) is 0 Å². The Morgan fingerprint density at radius 3 is 2.72 bits per heavy atom. The molecular weight excluding hydrogens is 224 g/mol. The van der Waals surface area contributed by atoms with E-state index >= 15 is 0 Å². The number of rotatable bonds is 3. The topological polar surface area (TPSA) is 56.7 Å². The van der Waals surface area contributed by atoms with Crippen molar-refractivity contribution in [3.63, 3.8) is 0 Å². The minimum absolute atomic E-state index is 0.611. The summed E-state index contributed by atoms with van der Waals surface area (Å²) in [4.78, 5) is 9.06. The van der Waals surface area contributed by atoms with Crippen molar-refractivity contribution in [1.29, 1.82) is 0 Å². The summed E-state index contributed by atoms with van der Waals surface area (Å²) in [5, 5.41) is 0. The molecule has 0 saturated heterocycles. The molecule has 2 aromatic rings. The van der Waals surface area contributed by atoms with Gasteiger partial charge in [-0.15, -0.1) is 0 Å². The van der Waals surface area contributed by atoms with Gasteiger partial charge in [0.15, 0.2) is 0 Å². The largest absolute Gasteiger partial charge is 0.383 e. The number of hydrogen-bond donors (Lipinski definition) is 1. The molecule has 3 rings (SSSR count). The van der Waals surface area contributed by atoms with Crippen LogP contribution in [-0.4, -0.2) is 14.5 Å². The van der Waals surface area contributed by atoms with E-state index in [4.69, 9.17) is 10.7 Å². The summed E-state index contributed by atoms with van der Waals surface area (Å²) in [7, 11) is 0. The van der Waals surface area contributed by atoms with Gasteiger partial charge >= 0.3 is 0 Å². The van der Waals surface area contributed by atoms with E-state index in [9.17, 15) is 0 Å². The van der Waals surface area contributed by atoms with Crippen LogP contribution < -0.4 is 5.73 Å². The summed E-state index contributed by atoms with van der Waals surface area (Å²) >= 11 is 0. The van der Waals surface area contributed by atoms with Gasteiger partial charge in [0.2, 0.25) is 0 Å². The van der Waals surface area contributed by atoms with Gasteiger partial charge in [-0.2, -0.15) is 0 Å². The lowest BCUT2D eigenvalue weighted by atomic mass is 10.2. The second kappa shape index (κ2) is 4.12. The number of hydrogen-bond acceptors (Lipinski definition) is 3. The maximum absolute atomic E-state index is 6.22. The molecule has 1 aliphatic rings. The average Bonchev–Trinajstić information content (AvgIpc) is 3.15. The maximum Gasteiger partial charge on any atom is 0.131 e. The molecular formula is C14H18N4. The second-order valence-corrected chi connectivity index (χ2v) is 4.91.